The van der Waals surface area contributed by atoms with Gasteiger partial charge in [0.05, 0.1) is 40.8 Å². The first kappa shape index (κ1) is 23.7. The molecule has 0 radical (unpaired) electrons. The average molecular weight is 451 g/mol. The van der Waals surface area contributed by atoms with Crippen molar-refractivity contribution in [3.05, 3.63) is 60.7 Å². The van der Waals surface area contributed by atoms with E-state index in [1.54, 1.807) is 4.90 Å². The van der Waals surface area contributed by atoms with E-state index in [-0.39, 0.29) is 24.8 Å². The second kappa shape index (κ2) is 11.0. The summed E-state index contributed by atoms with van der Waals surface area (Å²) >= 11 is 5.94. The van der Waals surface area contributed by atoms with Crippen molar-refractivity contribution in [2.24, 2.45) is 0 Å². The van der Waals surface area contributed by atoms with Crippen LogP contribution in [0.5, 0.6) is 0 Å². The number of aromatic nitrogens is 1. The maximum Gasteiger partial charge on any atom is 0.148 e. The van der Waals surface area contributed by atoms with Gasteiger partial charge in [-0.3, -0.25) is 0 Å². The molecule has 0 aliphatic rings. The van der Waals surface area contributed by atoms with Crippen molar-refractivity contribution in [3.63, 3.8) is 0 Å². The van der Waals surface area contributed by atoms with Gasteiger partial charge in [-0.1, -0.05) is 42.5 Å². The molecule has 4 rings (SSSR count). The highest BCUT2D eigenvalue weighted by Crippen LogP contribution is 2.31. The number of halogens is 3. The first-order valence-electron chi connectivity index (χ1n) is 9.74. The summed E-state index contributed by atoms with van der Waals surface area (Å²) in [4.78, 5) is 6.56. The number of nitrogens with one attached hydrogen (secondary N) is 1. The van der Waals surface area contributed by atoms with E-state index >= 15 is 0 Å². The number of rotatable bonds is 7. The van der Waals surface area contributed by atoms with Crippen LogP contribution in [0.4, 0.5) is 5.69 Å². The number of nitrogens with two attached hydrogens (primary N) is 1. The summed E-state index contributed by atoms with van der Waals surface area (Å²) < 4.78 is 0. The standard InChI is InChI=1S/C23H24ClN3.2ClH/c1-2-27(15-13-24)16-14-25-22-19-9-5-6-10-21(19)26-23-18-8-4-3-7-17(18)11-12-20(22)23;;/h3-12H,2,13-16H2,1H3,(H,25,26);2*1H. The van der Waals surface area contributed by atoms with Crippen molar-refractivity contribution in [2.75, 3.05) is 32.1 Å². The molecule has 3 nitrogen and oxygen atoms in total. The molecule has 3 N–H and O–H groups in total. The van der Waals surface area contributed by atoms with E-state index in [2.05, 4.69) is 72.9 Å². The average Bonchev–Trinajstić information content (AvgIpc) is 2.72. The SMILES string of the molecule is CC[NH+](CCCl)CC[NH2+]c1c2ccccc2nc2c1ccc1ccccc12.[Cl-].[Cl-]. The second-order valence-electron chi connectivity index (χ2n) is 7.01. The van der Waals surface area contributed by atoms with E-state index in [1.807, 2.05) is 0 Å². The smallest absolute Gasteiger partial charge is 0.148 e. The molecule has 1 atom stereocenters. The Bertz CT molecular complexity index is 1080. The minimum absolute atomic E-state index is 0. The zero-order chi connectivity index (χ0) is 18.6. The lowest BCUT2D eigenvalue weighted by molar-refractivity contribution is -0.905. The fourth-order valence-corrected chi connectivity index (χ4v) is 4.18. The van der Waals surface area contributed by atoms with Crippen molar-refractivity contribution >= 4 is 49.9 Å². The van der Waals surface area contributed by atoms with Gasteiger partial charge in [0.25, 0.3) is 0 Å². The molecular weight excluding hydrogens is 425 g/mol. The molecule has 1 aromatic heterocycles. The molecular formula is C23H26Cl3N3. The molecule has 0 amide bonds. The van der Waals surface area contributed by atoms with Gasteiger partial charge in [-0.25, -0.2) is 4.98 Å². The molecule has 1 unspecified atom stereocenters. The van der Waals surface area contributed by atoms with Gasteiger partial charge < -0.3 is 35.0 Å². The highest BCUT2D eigenvalue weighted by atomic mass is 35.5. The third-order valence-corrected chi connectivity index (χ3v) is 5.60. The molecule has 4 aromatic rings. The monoisotopic (exact) mass is 449 g/mol. The lowest BCUT2D eigenvalue weighted by atomic mass is 10.0. The number of nitrogens with zero attached hydrogens (tertiary/aromatic N) is 1. The van der Waals surface area contributed by atoms with Crippen LogP contribution in [-0.4, -0.2) is 37.0 Å². The fraction of sp³-hybridized carbons (Fsp3) is 0.261. The van der Waals surface area contributed by atoms with Crippen LogP contribution in [0.15, 0.2) is 60.7 Å². The quantitative estimate of drug-likeness (QED) is 0.174. The number of pyridine rings is 1. The fourth-order valence-electron chi connectivity index (χ4n) is 3.91. The number of likely N-dealkylation sites (N-methyl/N-ethyl adjacent to an activating group) is 1. The van der Waals surface area contributed by atoms with Crippen molar-refractivity contribution in [2.45, 2.75) is 6.92 Å². The van der Waals surface area contributed by atoms with Gasteiger partial charge in [0.1, 0.15) is 18.8 Å². The second-order valence-corrected chi connectivity index (χ2v) is 7.39. The van der Waals surface area contributed by atoms with Crippen LogP contribution in [-0.2, 0) is 0 Å². The Hall–Kier alpha value is -1.62. The third-order valence-electron chi connectivity index (χ3n) is 5.41. The molecule has 0 aliphatic heterocycles. The Morgan fingerprint density at radius 2 is 1.59 bits per heavy atom. The summed E-state index contributed by atoms with van der Waals surface area (Å²) in [5.74, 6) is 0.719. The Morgan fingerprint density at radius 1 is 0.862 bits per heavy atom. The molecule has 6 heteroatoms. The summed E-state index contributed by atoms with van der Waals surface area (Å²) in [6, 6.07) is 21.4. The Balaban J connectivity index is 0.00000150. The van der Waals surface area contributed by atoms with Crippen LogP contribution in [0.3, 0.4) is 0 Å². The van der Waals surface area contributed by atoms with Crippen molar-refractivity contribution in [1.29, 1.82) is 0 Å². The van der Waals surface area contributed by atoms with E-state index in [1.165, 1.54) is 27.2 Å². The minimum Gasteiger partial charge on any atom is -1.00 e. The lowest BCUT2D eigenvalue weighted by Crippen LogP contribution is -3.14. The first-order chi connectivity index (χ1) is 13.3. The number of benzene rings is 3. The first-order valence-corrected chi connectivity index (χ1v) is 10.3. The van der Waals surface area contributed by atoms with Crippen LogP contribution < -0.4 is 35.0 Å². The zero-order valence-corrected chi connectivity index (χ0v) is 18.7. The molecule has 29 heavy (non-hydrogen) atoms. The molecule has 0 spiro atoms. The zero-order valence-electron chi connectivity index (χ0n) is 16.5. The van der Waals surface area contributed by atoms with Crippen LogP contribution in [0.2, 0.25) is 0 Å². The van der Waals surface area contributed by atoms with Gasteiger partial charge >= 0.3 is 0 Å². The summed E-state index contributed by atoms with van der Waals surface area (Å²) in [5.41, 5.74) is 3.47. The van der Waals surface area contributed by atoms with E-state index < -0.39 is 0 Å². The Labute approximate surface area is 189 Å². The van der Waals surface area contributed by atoms with Crippen LogP contribution in [0.25, 0.3) is 32.6 Å². The van der Waals surface area contributed by atoms with E-state index in [9.17, 15) is 0 Å². The molecule has 0 aliphatic carbocycles. The van der Waals surface area contributed by atoms with E-state index in [0.29, 0.717) is 0 Å². The van der Waals surface area contributed by atoms with Crippen molar-refractivity contribution in [3.8, 4) is 0 Å². The molecule has 0 saturated heterocycles. The van der Waals surface area contributed by atoms with Crippen LogP contribution in [0.1, 0.15) is 6.92 Å². The molecule has 1 heterocycles. The molecule has 0 fully saturated rings. The van der Waals surface area contributed by atoms with Crippen LogP contribution >= 0.6 is 11.6 Å². The van der Waals surface area contributed by atoms with E-state index in [0.717, 1.165) is 43.1 Å². The normalized spacial score (nSPS) is 11.9. The largest absolute Gasteiger partial charge is 1.00 e. The van der Waals surface area contributed by atoms with Gasteiger partial charge in [0.2, 0.25) is 0 Å². The predicted molar refractivity (Wildman–Crippen MR) is 115 cm³/mol. The summed E-state index contributed by atoms with van der Waals surface area (Å²) in [7, 11) is 0. The van der Waals surface area contributed by atoms with Crippen LogP contribution in [0, 0.1) is 0 Å². The van der Waals surface area contributed by atoms with Crippen molar-refractivity contribution < 1.29 is 35.0 Å². The van der Waals surface area contributed by atoms with Gasteiger partial charge in [-0.2, -0.15) is 0 Å². The summed E-state index contributed by atoms with van der Waals surface area (Å²) in [5, 5.41) is 7.32. The number of quaternary nitrogens is 2. The molecule has 0 bridgehead atoms. The predicted octanol–water partition coefficient (Wildman–Crippen LogP) is -3.11. The summed E-state index contributed by atoms with van der Waals surface area (Å²) in [6.07, 6.45) is 0. The van der Waals surface area contributed by atoms with E-state index in [4.69, 9.17) is 16.6 Å². The number of hydrogen-bond donors (Lipinski definition) is 2. The number of fused-ring (bicyclic) bond motifs is 4. The Morgan fingerprint density at radius 3 is 2.34 bits per heavy atom. The number of alkyl halides is 1. The third kappa shape index (κ3) is 4.93. The highest BCUT2D eigenvalue weighted by molar-refractivity contribution is 6.18. The maximum absolute atomic E-state index is 5.94. The molecule has 0 saturated carbocycles. The van der Waals surface area contributed by atoms with Gasteiger partial charge in [-0.15, -0.1) is 11.6 Å². The summed E-state index contributed by atoms with van der Waals surface area (Å²) in [6.45, 7) is 6.51. The lowest BCUT2D eigenvalue weighted by Gasteiger charge is -2.16. The van der Waals surface area contributed by atoms with Gasteiger partial charge in [-0.05, 0) is 30.5 Å². The minimum atomic E-state index is 0. The molecule has 3 aromatic carbocycles. The van der Waals surface area contributed by atoms with Gasteiger partial charge in [0.15, 0.2) is 0 Å². The topological polar surface area (TPSA) is 33.9 Å². The maximum atomic E-state index is 5.94. The Kier molecular flexibility index (Phi) is 8.94. The van der Waals surface area contributed by atoms with Crippen molar-refractivity contribution in [1.82, 2.24) is 4.98 Å². The highest BCUT2D eigenvalue weighted by Gasteiger charge is 2.15. The molecule has 154 valence electrons. The van der Waals surface area contributed by atoms with Gasteiger partial charge in [0, 0.05) is 5.39 Å². The number of para-hydroxylation sites is 1. The number of hydrogen-bond acceptors (Lipinski definition) is 1.